The summed E-state index contributed by atoms with van der Waals surface area (Å²) in [5.74, 6) is -0.351. The van der Waals surface area contributed by atoms with Crippen LogP contribution in [0.5, 0.6) is 0 Å². The Labute approximate surface area is 116 Å². The van der Waals surface area contributed by atoms with E-state index < -0.39 is 5.97 Å². The van der Waals surface area contributed by atoms with Gasteiger partial charge in [0.15, 0.2) is 5.82 Å². The van der Waals surface area contributed by atoms with E-state index >= 15 is 0 Å². The standard InChI is InChI=1S/C14H18N4O2/c19-14(20)10-4-2-1-3-5-11(10)17-13-12-6-7-16-18(12)9-8-15-13/h6-11H,1-5H2,(H,15,17)(H,19,20). The van der Waals surface area contributed by atoms with Gasteiger partial charge in [0, 0.05) is 18.4 Å². The summed E-state index contributed by atoms with van der Waals surface area (Å²) in [5, 5.41) is 16.9. The molecule has 0 amide bonds. The average Bonchev–Trinajstić information content (AvgIpc) is 2.79. The number of aliphatic carboxylic acids is 1. The van der Waals surface area contributed by atoms with E-state index in [9.17, 15) is 9.90 Å². The zero-order valence-electron chi connectivity index (χ0n) is 11.2. The zero-order valence-corrected chi connectivity index (χ0v) is 11.2. The number of hydrogen-bond donors (Lipinski definition) is 2. The molecule has 0 aliphatic heterocycles. The average molecular weight is 274 g/mol. The van der Waals surface area contributed by atoms with E-state index in [4.69, 9.17) is 0 Å². The van der Waals surface area contributed by atoms with Gasteiger partial charge in [0.25, 0.3) is 0 Å². The van der Waals surface area contributed by atoms with E-state index in [1.54, 1.807) is 23.1 Å². The van der Waals surface area contributed by atoms with E-state index in [2.05, 4.69) is 15.4 Å². The molecule has 20 heavy (non-hydrogen) atoms. The van der Waals surface area contributed by atoms with Gasteiger partial charge in [0.1, 0.15) is 5.52 Å². The Bertz CT molecular complexity index is 610. The molecule has 3 rings (SSSR count). The van der Waals surface area contributed by atoms with Gasteiger partial charge in [0.05, 0.1) is 12.1 Å². The topological polar surface area (TPSA) is 79.5 Å². The van der Waals surface area contributed by atoms with Gasteiger partial charge in [0.2, 0.25) is 0 Å². The van der Waals surface area contributed by atoms with Crippen molar-refractivity contribution >= 4 is 17.3 Å². The summed E-state index contributed by atoms with van der Waals surface area (Å²) in [6, 6.07) is 1.81. The Balaban J connectivity index is 1.87. The summed E-state index contributed by atoms with van der Waals surface area (Å²) in [6.07, 6.45) is 9.92. The summed E-state index contributed by atoms with van der Waals surface area (Å²) < 4.78 is 1.74. The number of carboxylic acids is 1. The quantitative estimate of drug-likeness (QED) is 0.839. The Morgan fingerprint density at radius 2 is 2.15 bits per heavy atom. The Morgan fingerprint density at radius 3 is 3.00 bits per heavy atom. The fraction of sp³-hybridized carbons (Fsp3) is 0.500. The van der Waals surface area contributed by atoms with Gasteiger partial charge in [-0.1, -0.05) is 19.3 Å². The van der Waals surface area contributed by atoms with E-state index in [-0.39, 0.29) is 12.0 Å². The molecule has 1 aliphatic carbocycles. The van der Waals surface area contributed by atoms with Crippen molar-refractivity contribution in [2.45, 2.75) is 38.1 Å². The molecule has 1 saturated carbocycles. The Kier molecular flexibility index (Phi) is 3.54. The van der Waals surface area contributed by atoms with Gasteiger partial charge in [-0.3, -0.25) is 4.79 Å². The maximum Gasteiger partial charge on any atom is 0.308 e. The minimum absolute atomic E-state index is 0.0661. The van der Waals surface area contributed by atoms with Gasteiger partial charge in [-0.25, -0.2) is 9.50 Å². The van der Waals surface area contributed by atoms with Crippen LogP contribution in [-0.2, 0) is 4.79 Å². The van der Waals surface area contributed by atoms with Crippen molar-refractivity contribution < 1.29 is 9.90 Å². The SMILES string of the molecule is O=C(O)C1CCCCCC1Nc1nccn2nccc12. The molecule has 106 valence electrons. The summed E-state index contributed by atoms with van der Waals surface area (Å²) in [4.78, 5) is 15.8. The maximum atomic E-state index is 11.4. The normalized spacial score (nSPS) is 23.4. The fourth-order valence-corrected chi connectivity index (χ4v) is 2.92. The second kappa shape index (κ2) is 5.48. The van der Waals surface area contributed by atoms with Crippen LogP contribution in [0.25, 0.3) is 5.52 Å². The second-order valence-electron chi connectivity index (χ2n) is 5.27. The van der Waals surface area contributed by atoms with Crippen LogP contribution in [0.1, 0.15) is 32.1 Å². The highest BCUT2D eigenvalue weighted by Gasteiger charge is 2.30. The molecule has 2 heterocycles. The number of rotatable bonds is 3. The second-order valence-corrected chi connectivity index (χ2v) is 5.27. The number of fused-ring (bicyclic) bond motifs is 1. The lowest BCUT2D eigenvalue weighted by Gasteiger charge is -2.23. The van der Waals surface area contributed by atoms with Gasteiger partial charge < -0.3 is 10.4 Å². The Morgan fingerprint density at radius 1 is 1.30 bits per heavy atom. The summed E-state index contributed by atoms with van der Waals surface area (Å²) in [7, 11) is 0. The van der Waals surface area contributed by atoms with Crippen LogP contribution in [0, 0.1) is 5.92 Å². The van der Waals surface area contributed by atoms with E-state index in [0.29, 0.717) is 5.82 Å². The molecule has 0 aromatic carbocycles. The molecule has 2 unspecified atom stereocenters. The first-order valence-electron chi connectivity index (χ1n) is 7.03. The van der Waals surface area contributed by atoms with Crippen LogP contribution in [0.4, 0.5) is 5.82 Å². The van der Waals surface area contributed by atoms with Gasteiger partial charge in [-0.2, -0.15) is 5.10 Å². The minimum atomic E-state index is -0.718. The summed E-state index contributed by atoms with van der Waals surface area (Å²) in [6.45, 7) is 0. The number of aromatic nitrogens is 3. The number of nitrogens with one attached hydrogen (secondary N) is 1. The third kappa shape index (κ3) is 2.45. The van der Waals surface area contributed by atoms with Crippen LogP contribution in [0.3, 0.4) is 0 Å². The number of nitrogens with zero attached hydrogens (tertiary/aromatic N) is 3. The number of carbonyl (C=O) groups is 1. The highest BCUT2D eigenvalue weighted by molar-refractivity contribution is 5.73. The van der Waals surface area contributed by atoms with Crippen molar-refractivity contribution in [1.82, 2.24) is 14.6 Å². The maximum absolute atomic E-state index is 11.4. The van der Waals surface area contributed by atoms with Crippen LogP contribution >= 0.6 is 0 Å². The molecule has 0 spiro atoms. The third-order valence-electron chi connectivity index (χ3n) is 3.98. The number of carboxylic acid groups (broad SMARTS) is 1. The number of anilines is 1. The first-order chi connectivity index (χ1) is 9.75. The molecule has 6 heteroatoms. The monoisotopic (exact) mass is 274 g/mol. The molecule has 1 aliphatic rings. The van der Waals surface area contributed by atoms with E-state index in [1.807, 2.05) is 6.07 Å². The fourth-order valence-electron chi connectivity index (χ4n) is 2.92. The van der Waals surface area contributed by atoms with Crippen molar-refractivity contribution in [3.05, 3.63) is 24.7 Å². The molecule has 1 fully saturated rings. The molecule has 6 nitrogen and oxygen atoms in total. The predicted molar refractivity (Wildman–Crippen MR) is 74.6 cm³/mol. The molecule has 2 aromatic rings. The van der Waals surface area contributed by atoms with Gasteiger partial charge >= 0.3 is 5.97 Å². The largest absolute Gasteiger partial charge is 0.481 e. The highest BCUT2D eigenvalue weighted by atomic mass is 16.4. The lowest BCUT2D eigenvalue weighted by molar-refractivity contribution is -0.142. The highest BCUT2D eigenvalue weighted by Crippen LogP contribution is 2.27. The Hall–Kier alpha value is -2.11. The van der Waals surface area contributed by atoms with Crippen LogP contribution in [0.2, 0.25) is 0 Å². The van der Waals surface area contributed by atoms with Crippen LogP contribution in [0.15, 0.2) is 24.7 Å². The predicted octanol–water partition coefficient (Wildman–Crippen LogP) is 2.17. The smallest absolute Gasteiger partial charge is 0.308 e. The minimum Gasteiger partial charge on any atom is -0.481 e. The first kappa shape index (κ1) is 12.9. The summed E-state index contributed by atoms with van der Waals surface area (Å²) >= 11 is 0. The van der Waals surface area contributed by atoms with E-state index in [0.717, 1.165) is 37.6 Å². The lowest BCUT2D eigenvalue weighted by Crippen LogP contribution is -2.34. The third-order valence-corrected chi connectivity index (χ3v) is 3.98. The zero-order chi connectivity index (χ0) is 13.9. The van der Waals surface area contributed by atoms with Crippen molar-refractivity contribution in [3.63, 3.8) is 0 Å². The van der Waals surface area contributed by atoms with E-state index in [1.165, 1.54) is 0 Å². The van der Waals surface area contributed by atoms with Crippen LogP contribution < -0.4 is 5.32 Å². The molecule has 0 saturated heterocycles. The van der Waals surface area contributed by atoms with Crippen molar-refractivity contribution in [3.8, 4) is 0 Å². The molecule has 2 N–H and O–H groups in total. The number of hydrogen-bond acceptors (Lipinski definition) is 4. The summed E-state index contributed by atoms with van der Waals surface area (Å²) in [5.41, 5.74) is 0.876. The molecule has 0 bridgehead atoms. The molecule has 0 radical (unpaired) electrons. The van der Waals surface area contributed by atoms with Gasteiger partial charge in [-0.15, -0.1) is 0 Å². The van der Waals surface area contributed by atoms with Gasteiger partial charge in [-0.05, 0) is 18.9 Å². The van der Waals surface area contributed by atoms with Crippen molar-refractivity contribution in [2.75, 3.05) is 5.32 Å². The lowest BCUT2D eigenvalue weighted by atomic mass is 9.95. The molecule has 2 aromatic heterocycles. The molecular formula is C14H18N4O2. The van der Waals surface area contributed by atoms with Crippen LogP contribution in [-0.4, -0.2) is 31.7 Å². The van der Waals surface area contributed by atoms with Crippen molar-refractivity contribution in [1.29, 1.82) is 0 Å². The molecule has 2 atom stereocenters. The first-order valence-corrected chi connectivity index (χ1v) is 7.03. The molecular weight excluding hydrogens is 256 g/mol. The van der Waals surface area contributed by atoms with Crippen molar-refractivity contribution in [2.24, 2.45) is 5.92 Å².